The van der Waals surface area contributed by atoms with E-state index in [1.807, 2.05) is 0 Å². The van der Waals surface area contributed by atoms with E-state index in [1.54, 1.807) is 0 Å². The number of hydrogen-bond donors (Lipinski definition) is 0. The van der Waals surface area contributed by atoms with Gasteiger partial charge in [0.25, 0.3) is 0 Å². The van der Waals surface area contributed by atoms with Gasteiger partial charge in [0.05, 0.1) is 0 Å². The average molecular weight is 712 g/mol. The summed E-state index contributed by atoms with van der Waals surface area (Å²) in [7, 11) is 0. The molecule has 1 aliphatic rings. The number of carbonyl (C=O) groups is 2. The monoisotopic (exact) mass is 712 g/mol. The van der Waals surface area contributed by atoms with Gasteiger partial charge in [0.2, 0.25) is 0 Å². The van der Waals surface area contributed by atoms with Crippen LogP contribution in [0, 0.1) is 0 Å². The van der Waals surface area contributed by atoms with Crippen LogP contribution in [0.5, 0.6) is 0 Å². The van der Waals surface area contributed by atoms with Gasteiger partial charge < -0.3 is 0 Å². The third kappa shape index (κ3) is 19.6. The van der Waals surface area contributed by atoms with E-state index in [1.165, 1.54) is 116 Å². The van der Waals surface area contributed by atoms with Crippen molar-refractivity contribution < 1.29 is 15.7 Å². The summed E-state index contributed by atoms with van der Waals surface area (Å²) in [4.78, 5) is 27.3. The molecule has 0 fully saturated rings. The van der Waals surface area contributed by atoms with E-state index >= 15 is 0 Å². The van der Waals surface area contributed by atoms with Crippen LogP contribution in [0.25, 0.3) is 0 Å². The molecule has 1 heterocycles. The Hall–Kier alpha value is -0.521. The fourth-order valence-electron chi connectivity index (χ4n) is 6.39. The molecule has 4 nitrogen and oxygen atoms in total. The molecule has 0 atom stereocenters. The molecule has 0 spiro atoms. The van der Waals surface area contributed by atoms with Crippen molar-refractivity contribution in [2.45, 2.75) is 216 Å². The van der Waals surface area contributed by atoms with Gasteiger partial charge in [-0.1, -0.05) is 52.4 Å². The second-order valence-electron chi connectivity index (χ2n) is 13.4. The standard InChI is InChI=1S/C30H56O4.2C4H9.Sn/c1-3-5-7-9-11-13-15-17-19-21-23-25-27(29(31)32)28(30(33)34)26-24-22-20-18-16-14-12-10-8-6-4-2;2*1-3-4-2;/h3-26H2,1-2H3,(H,31,32)(H,33,34);2*1,3-4H2,2H3;/q;;;+2/p-2. The van der Waals surface area contributed by atoms with Gasteiger partial charge in [-0.05, 0) is 0 Å². The summed E-state index contributed by atoms with van der Waals surface area (Å²) in [6, 6.07) is 0. The van der Waals surface area contributed by atoms with Crippen molar-refractivity contribution in [1.82, 2.24) is 0 Å². The molecule has 0 amide bonds. The molecule has 0 aromatic rings. The first-order valence-corrected chi connectivity index (χ1v) is 25.6. The van der Waals surface area contributed by atoms with Crippen LogP contribution in [0.3, 0.4) is 0 Å². The Morgan fingerprint density at radius 2 is 0.628 bits per heavy atom. The van der Waals surface area contributed by atoms with E-state index in [2.05, 4.69) is 27.7 Å². The van der Waals surface area contributed by atoms with Gasteiger partial charge in [-0.25, -0.2) is 0 Å². The Balaban J connectivity index is 2.67. The Labute approximate surface area is 273 Å². The molecule has 0 aromatic heterocycles. The number of hydrogen-bond acceptors (Lipinski definition) is 4. The zero-order valence-corrected chi connectivity index (χ0v) is 32.2. The Kier molecular flexibility index (Phi) is 26.1. The average Bonchev–Trinajstić information content (AvgIpc) is 3.09. The van der Waals surface area contributed by atoms with Crippen LogP contribution in [-0.2, 0) is 15.7 Å². The molecule has 252 valence electrons. The van der Waals surface area contributed by atoms with Gasteiger partial charge in [-0.3, -0.25) is 0 Å². The van der Waals surface area contributed by atoms with Gasteiger partial charge in [-0.15, -0.1) is 0 Å². The molecule has 5 heteroatoms. The van der Waals surface area contributed by atoms with Crippen LogP contribution in [0.1, 0.15) is 207 Å². The second-order valence-corrected chi connectivity index (χ2v) is 22.6. The predicted octanol–water partition coefficient (Wildman–Crippen LogP) is 12.8. The summed E-state index contributed by atoms with van der Waals surface area (Å²) in [5.41, 5.74) is 1.33. The van der Waals surface area contributed by atoms with Gasteiger partial charge in [0.1, 0.15) is 0 Å². The molecule has 0 saturated carbocycles. The first-order chi connectivity index (χ1) is 21.0. The van der Waals surface area contributed by atoms with Gasteiger partial charge >= 0.3 is 222 Å². The van der Waals surface area contributed by atoms with Crippen LogP contribution in [-0.4, -0.2) is 31.1 Å². The first-order valence-electron chi connectivity index (χ1n) is 19.2. The molecule has 0 saturated heterocycles. The summed E-state index contributed by atoms with van der Waals surface area (Å²) in [5.74, 6) is -0.391. The molecule has 1 aliphatic heterocycles. The van der Waals surface area contributed by atoms with Gasteiger partial charge in [0.15, 0.2) is 0 Å². The molecule has 0 unspecified atom stereocenters. The Bertz CT molecular complexity index is 671. The third-order valence-corrected chi connectivity index (χ3v) is 18.8. The van der Waals surface area contributed by atoms with Gasteiger partial charge in [-0.2, -0.15) is 0 Å². The zero-order chi connectivity index (χ0) is 31.4. The van der Waals surface area contributed by atoms with Crippen molar-refractivity contribution in [2.75, 3.05) is 0 Å². The van der Waals surface area contributed by atoms with Crippen molar-refractivity contribution in [1.29, 1.82) is 0 Å². The molecule has 43 heavy (non-hydrogen) atoms. The minimum absolute atomic E-state index is 0.195. The normalized spacial score (nSPS) is 15.1. The maximum absolute atomic E-state index is 13.7. The van der Waals surface area contributed by atoms with E-state index < -0.39 is 19.2 Å². The molecule has 0 aromatic carbocycles. The number of carbonyl (C=O) groups excluding carboxylic acids is 2. The number of unbranched alkanes of at least 4 members (excludes halogenated alkanes) is 22. The maximum atomic E-state index is 13.7. The fourth-order valence-corrected chi connectivity index (χ4v) is 16.1. The topological polar surface area (TPSA) is 52.6 Å². The van der Waals surface area contributed by atoms with E-state index in [0.717, 1.165) is 60.2 Å². The molecule has 0 N–H and O–H groups in total. The summed E-state index contributed by atoms with van der Waals surface area (Å²) >= 11 is -3.81. The van der Waals surface area contributed by atoms with Crippen molar-refractivity contribution in [3.05, 3.63) is 11.1 Å². The summed E-state index contributed by atoms with van der Waals surface area (Å²) < 4.78 is 14.3. The summed E-state index contributed by atoms with van der Waals surface area (Å²) in [6.07, 6.45) is 33.4. The number of rotatable bonds is 30. The van der Waals surface area contributed by atoms with Crippen molar-refractivity contribution in [2.24, 2.45) is 0 Å². The molecular weight excluding hydrogens is 639 g/mol. The molecule has 0 radical (unpaired) electrons. The first kappa shape index (κ1) is 40.5. The van der Waals surface area contributed by atoms with Crippen molar-refractivity contribution in [3.8, 4) is 0 Å². The van der Waals surface area contributed by atoms with Gasteiger partial charge in [0, 0.05) is 0 Å². The van der Waals surface area contributed by atoms with Crippen LogP contribution < -0.4 is 0 Å². The third-order valence-electron chi connectivity index (χ3n) is 9.30. The Morgan fingerprint density at radius 3 is 0.907 bits per heavy atom. The van der Waals surface area contributed by atoms with Crippen LogP contribution in [0.4, 0.5) is 0 Å². The molecule has 0 bridgehead atoms. The second kappa shape index (κ2) is 27.8. The van der Waals surface area contributed by atoms with E-state index in [9.17, 15) is 9.59 Å². The predicted molar refractivity (Wildman–Crippen MR) is 187 cm³/mol. The summed E-state index contributed by atoms with van der Waals surface area (Å²) in [5, 5.41) is 0. The minimum atomic E-state index is -3.81. The van der Waals surface area contributed by atoms with Crippen LogP contribution >= 0.6 is 0 Å². The van der Waals surface area contributed by atoms with Crippen LogP contribution in [0.2, 0.25) is 8.87 Å². The van der Waals surface area contributed by atoms with Crippen molar-refractivity contribution in [3.63, 3.8) is 0 Å². The molecule has 0 aliphatic carbocycles. The van der Waals surface area contributed by atoms with E-state index in [-0.39, 0.29) is 11.9 Å². The fraction of sp³-hybridized carbons (Fsp3) is 0.895. The summed E-state index contributed by atoms with van der Waals surface area (Å²) in [6.45, 7) is 8.86. The SMILES string of the molecule is CCCCCCCCCCCCCC1=C(CCCCCCCCCCCCC)C(=O)[O][Sn]([CH2]CCC)([CH2]CCC)[O]C1=O. The van der Waals surface area contributed by atoms with E-state index in [0.29, 0.717) is 24.0 Å². The van der Waals surface area contributed by atoms with Crippen molar-refractivity contribution >= 4 is 31.1 Å². The Morgan fingerprint density at radius 1 is 0.372 bits per heavy atom. The molecular formula is C38H72O4Sn. The quantitative estimate of drug-likeness (QED) is 0.0550. The van der Waals surface area contributed by atoms with E-state index in [4.69, 9.17) is 6.15 Å². The van der Waals surface area contributed by atoms with Crippen LogP contribution in [0.15, 0.2) is 11.1 Å². The zero-order valence-electron chi connectivity index (χ0n) is 29.3. The molecule has 1 rings (SSSR count).